The van der Waals surface area contributed by atoms with Gasteiger partial charge in [-0.05, 0) is 20.3 Å². The third-order valence-electron chi connectivity index (χ3n) is 2.69. The molecule has 1 heterocycles. The van der Waals surface area contributed by atoms with E-state index in [1.807, 2.05) is 6.92 Å². The van der Waals surface area contributed by atoms with Crippen molar-refractivity contribution in [2.45, 2.75) is 38.0 Å². The summed E-state index contributed by atoms with van der Waals surface area (Å²) in [5.74, 6) is -0.352. The van der Waals surface area contributed by atoms with Crippen LogP contribution in [0.15, 0.2) is 0 Å². The molecule has 0 saturated carbocycles. The molecule has 0 radical (unpaired) electrons. The molecule has 0 aromatic rings. The molecule has 0 aliphatic carbocycles. The van der Waals surface area contributed by atoms with Crippen molar-refractivity contribution in [3.8, 4) is 0 Å². The van der Waals surface area contributed by atoms with Crippen LogP contribution in [-0.2, 0) is 14.8 Å². The van der Waals surface area contributed by atoms with Gasteiger partial charge in [0.05, 0.1) is 6.04 Å². The first-order valence-corrected chi connectivity index (χ1v) is 6.03. The summed E-state index contributed by atoms with van der Waals surface area (Å²) in [6.07, 6.45) is 0.553. The second-order valence-corrected chi connectivity index (χ2v) is 6.28. The highest BCUT2D eigenvalue weighted by Gasteiger charge is 2.61. The molecule has 0 aromatic heterocycles. The summed E-state index contributed by atoms with van der Waals surface area (Å²) in [6, 6.07) is -0.388. The summed E-state index contributed by atoms with van der Waals surface area (Å²) in [5, 5.41) is 0. The molecule has 1 unspecified atom stereocenters. The molecule has 1 amide bonds. The molecule has 1 saturated heterocycles. The van der Waals surface area contributed by atoms with Crippen LogP contribution in [0.2, 0.25) is 0 Å². The van der Waals surface area contributed by atoms with Gasteiger partial charge in [-0.25, -0.2) is 12.7 Å². The van der Waals surface area contributed by atoms with E-state index in [1.165, 1.54) is 13.8 Å². The number of nitrogens with two attached hydrogens (primary N) is 1. The highest BCUT2D eigenvalue weighted by Crippen LogP contribution is 2.36. The van der Waals surface area contributed by atoms with E-state index in [1.54, 1.807) is 0 Å². The lowest BCUT2D eigenvalue weighted by molar-refractivity contribution is -0.133. The molecule has 2 N–H and O–H groups in total. The molecule has 14 heavy (non-hydrogen) atoms. The number of rotatable bonds is 3. The molecule has 82 valence electrons. The fraction of sp³-hybridized carbons (Fsp3) is 0.875. The Hall–Kier alpha value is -0.620. The van der Waals surface area contributed by atoms with Crippen LogP contribution in [0.4, 0.5) is 0 Å². The van der Waals surface area contributed by atoms with Gasteiger partial charge in [0.15, 0.2) is 4.75 Å². The second-order valence-electron chi connectivity index (χ2n) is 3.91. The van der Waals surface area contributed by atoms with Gasteiger partial charge in [0.25, 0.3) is 15.9 Å². The monoisotopic (exact) mass is 220 g/mol. The second kappa shape index (κ2) is 3.20. The maximum atomic E-state index is 11.7. The highest BCUT2D eigenvalue weighted by molar-refractivity contribution is 7.94. The van der Waals surface area contributed by atoms with Crippen molar-refractivity contribution in [2.75, 3.05) is 6.54 Å². The van der Waals surface area contributed by atoms with Crippen molar-refractivity contribution in [1.29, 1.82) is 0 Å². The quantitative estimate of drug-likeness (QED) is 0.706. The number of nitrogens with zero attached hydrogens (tertiary/aromatic N) is 1. The minimum absolute atomic E-state index is 0.178. The van der Waals surface area contributed by atoms with Crippen LogP contribution in [-0.4, -0.2) is 36.0 Å². The average Bonchev–Trinajstić information content (AvgIpc) is 2.12. The third-order valence-corrected chi connectivity index (χ3v) is 5.14. The van der Waals surface area contributed by atoms with E-state index in [2.05, 4.69) is 0 Å². The van der Waals surface area contributed by atoms with Gasteiger partial charge in [0.1, 0.15) is 0 Å². The summed E-state index contributed by atoms with van der Waals surface area (Å²) in [6.45, 7) is 4.83. The first kappa shape index (κ1) is 11.5. The molecule has 1 atom stereocenters. The van der Waals surface area contributed by atoms with Crippen molar-refractivity contribution < 1.29 is 13.2 Å². The number of hydrogen-bond acceptors (Lipinski definition) is 4. The fourth-order valence-electron chi connectivity index (χ4n) is 1.48. The normalized spacial score (nSPS) is 25.7. The van der Waals surface area contributed by atoms with E-state index >= 15 is 0 Å². The van der Waals surface area contributed by atoms with Crippen LogP contribution in [0.5, 0.6) is 0 Å². The predicted octanol–water partition coefficient (Wildman–Crippen LogP) is -0.326. The molecule has 1 rings (SSSR count). The summed E-state index contributed by atoms with van der Waals surface area (Å²) in [4.78, 5) is 11.5. The Morgan fingerprint density at radius 1 is 1.50 bits per heavy atom. The maximum Gasteiger partial charge on any atom is 0.259 e. The van der Waals surface area contributed by atoms with Crippen molar-refractivity contribution >= 4 is 15.9 Å². The van der Waals surface area contributed by atoms with Gasteiger partial charge in [-0.15, -0.1) is 0 Å². The minimum atomic E-state index is -3.47. The molecular weight excluding hydrogens is 204 g/mol. The van der Waals surface area contributed by atoms with Crippen LogP contribution in [0.1, 0.15) is 27.2 Å². The van der Waals surface area contributed by atoms with Crippen LogP contribution in [0, 0.1) is 0 Å². The minimum Gasteiger partial charge on any atom is -0.328 e. The van der Waals surface area contributed by atoms with Gasteiger partial charge in [-0.2, -0.15) is 0 Å². The number of carbonyl (C=O) groups is 1. The van der Waals surface area contributed by atoms with Crippen molar-refractivity contribution in [2.24, 2.45) is 5.73 Å². The summed E-state index contributed by atoms with van der Waals surface area (Å²) < 4.78 is 23.0. The Balaban J connectivity index is 3.02. The van der Waals surface area contributed by atoms with Crippen molar-refractivity contribution in [3.63, 3.8) is 0 Å². The predicted molar refractivity (Wildman–Crippen MR) is 53.0 cm³/mol. The number of carbonyl (C=O) groups excluding carboxylic acids is 1. The van der Waals surface area contributed by atoms with E-state index in [0.717, 1.165) is 4.31 Å². The van der Waals surface area contributed by atoms with Crippen molar-refractivity contribution in [1.82, 2.24) is 4.31 Å². The summed E-state index contributed by atoms with van der Waals surface area (Å²) >= 11 is 0. The third kappa shape index (κ3) is 1.17. The first-order chi connectivity index (χ1) is 6.30. The maximum absolute atomic E-state index is 11.7. The van der Waals surface area contributed by atoms with Gasteiger partial charge >= 0.3 is 0 Å². The molecular formula is C8H16N2O3S. The SMILES string of the molecule is CCC(CN)N1C(=O)C(C)(C)S1(=O)=O. The highest BCUT2D eigenvalue weighted by atomic mass is 32.2. The van der Waals surface area contributed by atoms with E-state index in [-0.39, 0.29) is 18.5 Å². The molecule has 0 spiro atoms. The Morgan fingerprint density at radius 3 is 2.29 bits per heavy atom. The van der Waals surface area contributed by atoms with Gasteiger partial charge in [-0.3, -0.25) is 4.79 Å². The first-order valence-electron chi connectivity index (χ1n) is 4.59. The lowest BCUT2D eigenvalue weighted by Crippen LogP contribution is -2.70. The van der Waals surface area contributed by atoms with E-state index < -0.39 is 14.8 Å². The van der Waals surface area contributed by atoms with Crippen LogP contribution in [0.25, 0.3) is 0 Å². The van der Waals surface area contributed by atoms with Gasteiger partial charge in [0, 0.05) is 6.54 Å². The zero-order chi connectivity index (χ0) is 11.1. The standard InChI is InChI=1S/C8H16N2O3S/c1-4-6(5-9)10-7(11)8(2,3)14(10,12)13/h6H,4-5,9H2,1-3H3. The Kier molecular flexibility index (Phi) is 2.62. The van der Waals surface area contributed by atoms with Gasteiger partial charge in [0.2, 0.25) is 0 Å². The molecule has 0 bridgehead atoms. The zero-order valence-corrected chi connectivity index (χ0v) is 9.47. The van der Waals surface area contributed by atoms with Crippen LogP contribution in [0.3, 0.4) is 0 Å². The Morgan fingerprint density at radius 2 is 2.00 bits per heavy atom. The lowest BCUT2D eigenvalue weighted by atomic mass is 10.1. The molecule has 5 nitrogen and oxygen atoms in total. The molecule has 0 aromatic carbocycles. The Labute approximate surface area is 84.3 Å². The number of sulfonamides is 1. The molecule has 1 aliphatic rings. The molecule has 6 heteroatoms. The van der Waals surface area contributed by atoms with Crippen LogP contribution >= 0.6 is 0 Å². The van der Waals surface area contributed by atoms with E-state index in [4.69, 9.17) is 5.73 Å². The van der Waals surface area contributed by atoms with Crippen LogP contribution < -0.4 is 5.73 Å². The van der Waals surface area contributed by atoms with E-state index in [0.29, 0.717) is 6.42 Å². The smallest absolute Gasteiger partial charge is 0.259 e. The van der Waals surface area contributed by atoms with E-state index in [9.17, 15) is 13.2 Å². The van der Waals surface area contributed by atoms with Gasteiger partial charge < -0.3 is 5.73 Å². The lowest BCUT2D eigenvalue weighted by Gasteiger charge is -2.46. The van der Waals surface area contributed by atoms with Gasteiger partial charge in [-0.1, -0.05) is 6.92 Å². The Bertz CT molecular complexity index is 344. The zero-order valence-electron chi connectivity index (χ0n) is 8.65. The topological polar surface area (TPSA) is 80.5 Å². The average molecular weight is 220 g/mol. The fourth-order valence-corrected chi connectivity index (χ4v) is 3.23. The number of amides is 1. The van der Waals surface area contributed by atoms with Crippen molar-refractivity contribution in [3.05, 3.63) is 0 Å². The molecule has 1 aliphatic heterocycles. The molecule has 1 fully saturated rings. The number of hydrogen-bond donors (Lipinski definition) is 1. The summed E-state index contributed by atoms with van der Waals surface area (Å²) in [7, 11) is -3.47. The summed E-state index contributed by atoms with van der Waals surface area (Å²) in [5.41, 5.74) is 5.41. The largest absolute Gasteiger partial charge is 0.328 e.